The predicted molar refractivity (Wildman–Crippen MR) is 125 cm³/mol. The van der Waals surface area contributed by atoms with Crippen molar-refractivity contribution >= 4 is 56.7 Å². The van der Waals surface area contributed by atoms with Gasteiger partial charge in [-0.3, -0.25) is 9.48 Å². The van der Waals surface area contributed by atoms with E-state index in [1.165, 1.54) is 0 Å². The van der Waals surface area contributed by atoms with Crippen LogP contribution < -0.4 is 16.0 Å². The second-order valence-electron chi connectivity index (χ2n) is 7.85. The summed E-state index contributed by atoms with van der Waals surface area (Å²) in [7, 11) is 1.93. The van der Waals surface area contributed by atoms with Crippen LogP contribution in [-0.2, 0) is 18.3 Å². The zero-order valence-electron chi connectivity index (χ0n) is 17.3. The van der Waals surface area contributed by atoms with E-state index in [1.54, 1.807) is 0 Å². The summed E-state index contributed by atoms with van der Waals surface area (Å²) in [4.78, 5) is 24.1. The first kappa shape index (κ1) is 18.4. The van der Waals surface area contributed by atoms with Crippen LogP contribution in [0.15, 0.2) is 54.9 Å². The highest BCUT2D eigenvalue weighted by Crippen LogP contribution is 2.29. The van der Waals surface area contributed by atoms with Crippen LogP contribution in [0.3, 0.4) is 0 Å². The molecular weight excluding hydrogens is 404 g/mol. The lowest BCUT2D eigenvalue weighted by Crippen LogP contribution is -2.18. The minimum absolute atomic E-state index is 0.0546. The number of hydrogen-bond donors (Lipinski definition) is 4. The molecule has 0 spiro atoms. The third-order valence-electron chi connectivity index (χ3n) is 5.68. The van der Waals surface area contributed by atoms with Crippen molar-refractivity contribution in [3.8, 4) is 0 Å². The van der Waals surface area contributed by atoms with Gasteiger partial charge in [-0.05, 0) is 54.4 Å². The van der Waals surface area contributed by atoms with Gasteiger partial charge in [0.2, 0.25) is 11.9 Å². The molecule has 4 N–H and O–H groups in total. The summed E-state index contributed by atoms with van der Waals surface area (Å²) in [5.41, 5.74) is 5.55. The first-order chi connectivity index (χ1) is 15.6. The number of aromatic amines is 1. The van der Waals surface area contributed by atoms with E-state index in [-0.39, 0.29) is 5.91 Å². The van der Waals surface area contributed by atoms with Gasteiger partial charge in [0, 0.05) is 42.1 Å². The minimum Gasteiger partial charge on any atom is -0.346 e. The van der Waals surface area contributed by atoms with Crippen molar-refractivity contribution in [2.45, 2.75) is 12.8 Å². The van der Waals surface area contributed by atoms with Crippen LogP contribution in [0.5, 0.6) is 0 Å². The molecule has 9 heteroatoms. The van der Waals surface area contributed by atoms with Gasteiger partial charge in [0.15, 0.2) is 0 Å². The van der Waals surface area contributed by atoms with Crippen LogP contribution in [0.2, 0.25) is 0 Å². The van der Waals surface area contributed by atoms with E-state index in [2.05, 4.69) is 31.0 Å². The summed E-state index contributed by atoms with van der Waals surface area (Å²) in [5, 5.41) is 15.9. The van der Waals surface area contributed by atoms with Gasteiger partial charge in [0.1, 0.15) is 11.5 Å². The Kier molecular flexibility index (Phi) is 4.07. The Bertz CT molecular complexity index is 1500. The lowest BCUT2D eigenvalue weighted by atomic mass is 10.0. The maximum absolute atomic E-state index is 11.6. The van der Waals surface area contributed by atoms with Gasteiger partial charge in [0.25, 0.3) is 0 Å². The number of carbonyl (C=O) groups excluding carboxylic acids is 1. The van der Waals surface area contributed by atoms with Crippen LogP contribution in [0.25, 0.3) is 21.9 Å². The molecule has 2 aromatic carbocycles. The number of rotatable bonds is 4. The molecule has 9 nitrogen and oxygen atoms in total. The zero-order valence-corrected chi connectivity index (χ0v) is 17.3. The second kappa shape index (κ2) is 7.09. The fourth-order valence-electron chi connectivity index (χ4n) is 4.06. The Balaban J connectivity index is 1.33. The van der Waals surface area contributed by atoms with Gasteiger partial charge in [-0.15, -0.1) is 0 Å². The molecule has 0 aliphatic carbocycles. The minimum atomic E-state index is 0.0546. The normalized spacial score (nSPS) is 13.2. The molecule has 4 heterocycles. The summed E-state index contributed by atoms with van der Waals surface area (Å²) in [6.07, 6.45) is 4.91. The molecule has 0 saturated heterocycles. The molecule has 0 unspecified atom stereocenters. The molecule has 32 heavy (non-hydrogen) atoms. The monoisotopic (exact) mass is 424 g/mol. The lowest BCUT2D eigenvalue weighted by Gasteiger charge is -2.18. The van der Waals surface area contributed by atoms with E-state index in [1.807, 2.05) is 66.6 Å². The zero-order chi connectivity index (χ0) is 21.7. The number of nitrogens with zero attached hydrogens (tertiary/aromatic N) is 4. The summed E-state index contributed by atoms with van der Waals surface area (Å²) < 4.78 is 1.85. The Morgan fingerprint density at radius 3 is 2.81 bits per heavy atom. The molecule has 158 valence electrons. The van der Waals surface area contributed by atoms with Crippen molar-refractivity contribution in [3.63, 3.8) is 0 Å². The summed E-state index contributed by atoms with van der Waals surface area (Å²) >= 11 is 0. The first-order valence-corrected chi connectivity index (χ1v) is 10.4. The summed E-state index contributed by atoms with van der Waals surface area (Å²) in [6.45, 7) is 0. The highest BCUT2D eigenvalue weighted by molar-refractivity contribution is 5.94. The van der Waals surface area contributed by atoms with E-state index >= 15 is 0 Å². The maximum atomic E-state index is 11.6. The molecule has 6 rings (SSSR count). The molecule has 1 aliphatic heterocycles. The molecular formula is C23H20N8O. The molecule has 3 aromatic heterocycles. The molecule has 0 radical (unpaired) electrons. The topological polar surface area (TPSA) is 113 Å². The molecule has 5 aromatic rings. The Morgan fingerprint density at radius 1 is 1.00 bits per heavy atom. The number of benzene rings is 2. The van der Waals surface area contributed by atoms with Crippen LogP contribution >= 0.6 is 0 Å². The van der Waals surface area contributed by atoms with Crippen molar-refractivity contribution in [2.75, 3.05) is 16.0 Å². The van der Waals surface area contributed by atoms with E-state index in [4.69, 9.17) is 4.98 Å². The van der Waals surface area contributed by atoms with Gasteiger partial charge in [-0.2, -0.15) is 15.1 Å². The van der Waals surface area contributed by atoms with E-state index < -0.39 is 0 Å². The molecule has 0 saturated carbocycles. The van der Waals surface area contributed by atoms with Gasteiger partial charge >= 0.3 is 0 Å². The maximum Gasteiger partial charge on any atom is 0.231 e. The van der Waals surface area contributed by atoms with Crippen LogP contribution in [0, 0.1) is 0 Å². The highest BCUT2D eigenvalue weighted by atomic mass is 16.1. The molecule has 0 atom stereocenters. The number of aryl methyl sites for hydroxylation is 2. The fourth-order valence-corrected chi connectivity index (χ4v) is 4.06. The molecule has 0 bridgehead atoms. The largest absolute Gasteiger partial charge is 0.346 e. The van der Waals surface area contributed by atoms with E-state index in [0.717, 1.165) is 51.0 Å². The third kappa shape index (κ3) is 3.20. The fraction of sp³-hybridized carbons (Fsp3) is 0.130. The van der Waals surface area contributed by atoms with Crippen LogP contribution in [0.1, 0.15) is 12.0 Å². The first-order valence-electron chi connectivity index (χ1n) is 10.4. The van der Waals surface area contributed by atoms with Crippen molar-refractivity contribution in [2.24, 2.45) is 7.05 Å². The van der Waals surface area contributed by atoms with Crippen molar-refractivity contribution in [3.05, 3.63) is 60.4 Å². The number of H-pyrrole nitrogens is 1. The Hall–Kier alpha value is -4.40. The number of fused-ring (bicyclic) bond motifs is 3. The Labute approximate surface area is 182 Å². The number of amides is 1. The quantitative estimate of drug-likeness (QED) is 0.344. The average Bonchev–Trinajstić information content (AvgIpc) is 3.41. The van der Waals surface area contributed by atoms with Crippen molar-refractivity contribution in [1.82, 2.24) is 24.7 Å². The average molecular weight is 424 g/mol. The summed E-state index contributed by atoms with van der Waals surface area (Å²) in [6, 6.07) is 13.9. The number of carbonyl (C=O) groups is 1. The second-order valence-corrected chi connectivity index (χ2v) is 7.85. The summed E-state index contributed by atoms with van der Waals surface area (Å²) in [5.74, 6) is 1.23. The van der Waals surface area contributed by atoms with Crippen LogP contribution in [-0.4, -0.2) is 30.6 Å². The molecule has 1 aliphatic rings. The Morgan fingerprint density at radius 2 is 1.88 bits per heavy atom. The van der Waals surface area contributed by atoms with E-state index in [9.17, 15) is 4.79 Å². The SMILES string of the molecule is Cn1ncc2cc(Nc3nc(Nc4ccc5c(c4)CCC(=O)N5)nc4[nH]ccc34)ccc21. The highest BCUT2D eigenvalue weighted by Gasteiger charge is 2.16. The predicted octanol–water partition coefficient (Wildman–Crippen LogP) is 4.22. The number of aromatic nitrogens is 5. The van der Waals surface area contributed by atoms with Crippen molar-refractivity contribution in [1.29, 1.82) is 0 Å². The van der Waals surface area contributed by atoms with Gasteiger partial charge in [-0.1, -0.05) is 0 Å². The van der Waals surface area contributed by atoms with Gasteiger partial charge in [0.05, 0.1) is 17.1 Å². The van der Waals surface area contributed by atoms with Crippen molar-refractivity contribution < 1.29 is 4.79 Å². The number of anilines is 5. The van der Waals surface area contributed by atoms with Gasteiger partial charge < -0.3 is 20.9 Å². The standard InChI is InChI=1S/C23H20N8O/c1-31-19-6-4-15(11-14(19)12-25-31)26-22-17-8-9-24-21(17)29-23(30-22)27-16-3-5-18-13(10-16)2-7-20(32)28-18/h3-6,8-12H,2,7H2,1H3,(H,28,32)(H3,24,26,27,29,30). The molecule has 0 fully saturated rings. The smallest absolute Gasteiger partial charge is 0.231 e. The lowest BCUT2D eigenvalue weighted by molar-refractivity contribution is -0.116. The third-order valence-corrected chi connectivity index (χ3v) is 5.68. The number of hydrogen-bond acceptors (Lipinski definition) is 6. The van der Waals surface area contributed by atoms with Crippen LogP contribution in [0.4, 0.5) is 28.8 Å². The van der Waals surface area contributed by atoms with Gasteiger partial charge in [-0.25, -0.2) is 0 Å². The number of nitrogens with one attached hydrogen (secondary N) is 4. The molecule has 1 amide bonds. The van der Waals surface area contributed by atoms with E-state index in [0.29, 0.717) is 18.2 Å².